The lowest BCUT2D eigenvalue weighted by molar-refractivity contribution is -0.136. The molecule has 2 aliphatic heterocycles. The largest absolute Gasteiger partial charge is 0.381 e. The first-order valence-electron chi connectivity index (χ1n) is 11.3. The van der Waals surface area contributed by atoms with E-state index in [9.17, 15) is 13.6 Å². The number of amides is 1. The van der Waals surface area contributed by atoms with Gasteiger partial charge in [0.25, 0.3) is 0 Å². The monoisotopic (exact) mass is 444 g/mol. The summed E-state index contributed by atoms with van der Waals surface area (Å²) in [5, 5.41) is 3.15. The van der Waals surface area contributed by atoms with Gasteiger partial charge in [-0.05, 0) is 48.1 Å². The molecule has 0 radical (unpaired) electrons. The molecule has 2 fully saturated rings. The van der Waals surface area contributed by atoms with Crippen molar-refractivity contribution < 1.29 is 23.0 Å². The minimum Gasteiger partial charge on any atom is -0.381 e. The van der Waals surface area contributed by atoms with Crippen LogP contribution in [0.5, 0.6) is 0 Å². The third-order valence-electron chi connectivity index (χ3n) is 6.47. The van der Waals surface area contributed by atoms with Crippen LogP contribution in [0, 0.1) is 17.0 Å². The molecular weight excluding hydrogens is 414 g/mol. The fourth-order valence-electron chi connectivity index (χ4n) is 4.51. The first-order chi connectivity index (χ1) is 15.6. The summed E-state index contributed by atoms with van der Waals surface area (Å²) < 4.78 is 38.0. The molecule has 1 N–H and O–H groups in total. The van der Waals surface area contributed by atoms with E-state index in [0.29, 0.717) is 44.6 Å². The van der Waals surface area contributed by atoms with Crippen LogP contribution >= 0.6 is 0 Å². The van der Waals surface area contributed by atoms with E-state index in [1.165, 1.54) is 6.07 Å². The molecule has 2 aromatic carbocycles. The summed E-state index contributed by atoms with van der Waals surface area (Å²) in [6.45, 7) is 5.80. The van der Waals surface area contributed by atoms with Crippen molar-refractivity contribution in [2.75, 3.05) is 52.6 Å². The Bertz CT molecular complexity index is 925. The van der Waals surface area contributed by atoms with E-state index in [0.717, 1.165) is 50.0 Å². The Labute approximate surface area is 187 Å². The molecule has 0 unspecified atom stereocenters. The standard InChI is InChI=1S/C25H30F2N2O3/c26-22-5-4-21(17-23(22)27)20-3-1-2-19(16-20)18-25(6-12-31-13-7-25)24(30)28-8-9-29-10-14-32-15-11-29/h1-5,16-17H,6-15,18H2,(H,28,30). The lowest BCUT2D eigenvalue weighted by Gasteiger charge is -2.36. The zero-order chi connectivity index (χ0) is 22.4. The highest BCUT2D eigenvalue weighted by atomic mass is 19.2. The maximum Gasteiger partial charge on any atom is 0.226 e. The number of nitrogens with one attached hydrogen (secondary N) is 1. The number of benzene rings is 2. The van der Waals surface area contributed by atoms with Gasteiger partial charge in [0, 0.05) is 39.4 Å². The molecule has 4 rings (SSSR count). The van der Waals surface area contributed by atoms with Crippen molar-refractivity contribution in [2.24, 2.45) is 5.41 Å². The lowest BCUT2D eigenvalue weighted by Crippen LogP contribution is -2.48. The number of hydrogen-bond acceptors (Lipinski definition) is 4. The highest BCUT2D eigenvalue weighted by Crippen LogP contribution is 2.36. The van der Waals surface area contributed by atoms with Gasteiger partial charge in [-0.3, -0.25) is 9.69 Å². The van der Waals surface area contributed by atoms with Gasteiger partial charge in [0.1, 0.15) is 0 Å². The molecule has 0 aromatic heterocycles. The molecule has 32 heavy (non-hydrogen) atoms. The Hall–Kier alpha value is -2.35. The van der Waals surface area contributed by atoms with Crippen molar-refractivity contribution in [1.29, 1.82) is 0 Å². The van der Waals surface area contributed by atoms with E-state index < -0.39 is 17.0 Å². The second-order valence-corrected chi connectivity index (χ2v) is 8.61. The van der Waals surface area contributed by atoms with Crippen LogP contribution in [-0.4, -0.2) is 63.4 Å². The summed E-state index contributed by atoms with van der Waals surface area (Å²) in [6.07, 6.45) is 1.90. The molecule has 7 heteroatoms. The maximum absolute atomic E-state index is 13.7. The van der Waals surface area contributed by atoms with Crippen LogP contribution in [0.15, 0.2) is 42.5 Å². The van der Waals surface area contributed by atoms with Crippen molar-refractivity contribution in [1.82, 2.24) is 10.2 Å². The quantitative estimate of drug-likeness (QED) is 0.711. The van der Waals surface area contributed by atoms with Gasteiger partial charge in [-0.25, -0.2) is 8.78 Å². The van der Waals surface area contributed by atoms with Crippen LogP contribution in [0.3, 0.4) is 0 Å². The smallest absolute Gasteiger partial charge is 0.226 e. The number of rotatable bonds is 7. The molecule has 2 saturated heterocycles. The molecule has 0 spiro atoms. The molecule has 0 aliphatic carbocycles. The maximum atomic E-state index is 13.7. The predicted molar refractivity (Wildman–Crippen MR) is 118 cm³/mol. The second kappa shape index (κ2) is 10.5. The van der Waals surface area contributed by atoms with Crippen molar-refractivity contribution in [3.8, 4) is 11.1 Å². The Morgan fingerprint density at radius 1 is 0.938 bits per heavy atom. The number of carbonyl (C=O) groups is 1. The normalized spacial score (nSPS) is 18.9. The van der Waals surface area contributed by atoms with E-state index >= 15 is 0 Å². The summed E-state index contributed by atoms with van der Waals surface area (Å²) in [7, 11) is 0. The predicted octanol–water partition coefficient (Wildman–Crippen LogP) is 3.42. The molecule has 172 valence electrons. The van der Waals surface area contributed by atoms with Crippen molar-refractivity contribution in [3.63, 3.8) is 0 Å². The van der Waals surface area contributed by atoms with Gasteiger partial charge in [-0.2, -0.15) is 0 Å². The molecular formula is C25H30F2N2O3. The summed E-state index contributed by atoms with van der Waals surface area (Å²) in [6, 6.07) is 11.6. The molecule has 2 aliphatic rings. The minimum atomic E-state index is -0.867. The van der Waals surface area contributed by atoms with Gasteiger partial charge in [0.15, 0.2) is 11.6 Å². The van der Waals surface area contributed by atoms with Crippen LogP contribution in [-0.2, 0) is 20.7 Å². The second-order valence-electron chi connectivity index (χ2n) is 8.61. The number of nitrogens with zero attached hydrogens (tertiary/aromatic N) is 1. The summed E-state index contributed by atoms with van der Waals surface area (Å²) in [5.41, 5.74) is 1.88. The SMILES string of the molecule is O=C(NCCN1CCOCC1)C1(Cc2cccc(-c3ccc(F)c(F)c3)c2)CCOCC1. The number of halogens is 2. The Kier molecular flexibility index (Phi) is 7.50. The fourth-order valence-corrected chi connectivity index (χ4v) is 4.51. The van der Waals surface area contributed by atoms with Gasteiger partial charge < -0.3 is 14.8 Å². The Morgan fingerprint density at radius 2 is 1.66 bits per heavy atom. The zero-order valence-corrected chi connectivity index (χ0v) is 18.2. The van der Waals surface area contributed by atoms with Crippen molar-refractivity contribution >= 4 is 5.91 Å². The number of ether oxygens (including phenoxy) is 2. The van der Waals surface area contributed by atoms with Crippen LogP contribution < -0.4 is 5.32 Å². The first-order valence-corrected chi connectivity index (χ1v) is 11.3. The number of hydrogen-bond donors (Lipinski definition) is 1. The summed E-state index contributed by atoms with van der Waals surface area (Å²) in [4.78, 5) is 15.6. The number of morpholine rings is 1. The minimum absolute atomic E-state index is 0.0623. The fraction of sp³-hybridized carbons (Fsp3) is 0.480. The molecule has 2 aromatic rings. The Balaban J connectivity index is 1.46. The molecule has 0 bridgehead atoms. The van der Waals surface area contributed by atoms with Crippen LogP contribution in [0.2, 0.25) is 0 Å². The summed E-state index contributed by atoms with van der Waals surface area (Å²) >= 11 is 0. The molecule has 1 amide bonds. The third-order valence-corrected chi connectivity index (χ3v) is 6.47. The third kappa shape index (κ3) is 5.52. The molecule has 2 heterocycles. The lowest BCUT2D eigenvalue weighted by atomic mass is 9.74. The van der Waals surface area contributed by atoms with E-state index in [-0.39, 0.29) is 5.91 Å². The van der Waals surface area contributed by atoms with Crippen LogP contribution in [0.1, 0.15) is 18.4 Å². The van der Waals surface area contributed by atoms with Gasteiger partial charge in [-0.15, -0.1) is 0 Å². The molecule has 5 nitrogen and oxygen atoms in total. The van der Waals surface area contributed by atoms with E-state index in [2.05, 4.69) is 10.2 Å². The Morgan fingerprint density at radius 3 is 2.41 bits per heavy atom. The molecule has 0 saturated carbocycles. The first kappa shape index (κ1) is 22.8. The van der Waals surface area contributed by atoms with Gasteiger partial charge in [0.05, 0.1) is 18.6 Å². The van der Waals surface area contributed by atoms with Gasteiger partial charge >= 0.3 is 0 Å². The average Bonchev–Trinajstić information content (AvgIpc) is 2.82. The van der Waals surface area contributed by atoms with Crippen molar-refractivity contribution in [2.45, 2.75) is 19.3 Å². The number of carbonyl (C=O) groups excluding carboxylic acids is 1. The van der Waals surface area contributed by atoms with E-state index in [1.54, 1.807) is 6.07 Å². The zero-order valence-electron chi connectivity index (χ0n) is 18.2. The van der Waals surface area contributed by atoms with Gasteiger partial charge in [0.2, 0.25) is 5.91 Å². The van der Waals surface area contributed by atoms with Crippen LogP contribution in [0.4, 0.5) is 8.78 Å². The van der Waals surface area contributed by atoms with E-state index in [4.69, 9.17) is 9.47 Å². The highest BCUT2D eigenvalue weighted by Gasteiger charge is 2.40. The van der Waals surface area contributed by atoms with Gasteiger partial charge in [-0.1, -0.05) is 30.3 Å². The van der Waals surface area contributed by atoms with E-state index in [1.807, 2.05) is 24.3 Å². The van der Waals surface area contributed by atoms with Crippen LogP contribution in [0.25, 0.3) is 11.1 Å². The average molecular weight is 445 g/mol. The topological polar surface area (TPSA) is 50.8 Å². The highest BCUT2D eigenvalue weighted by molar-refractivity contribution is 5.83. The summed E-state index contributed by atoms with van der Waals surface area (Å²) in [5.74, 6) is -1.67. The van der Waals surface area contributed by atoms with Crippen molar-refractivity contribution in [3.05, 3.63) is 59.7 Å². The molecule has 0 atom stereocenters.